The summed E-state index contributed by atoms with van der Waals surface area (Å²) in [6.45, 7) is 4.94. The molecule has 0 bridgehead atoms. The molecule has 1 fully saturated rings. The average molecular weight is 343 g/mol. The third-order valence-corrected chi connectivity index (χ3v) is 4.61. The van der Waals surface area contributed by atoms with Crippen LogP contribution >= 0.6 is 11.6 Å². The number of fused-ring (bicyclic) bond motifs is 1. The smallest absolute Gasteiger partial charge is 0.251 e. The first-order chi connectivity index (χ1) is 11.0. The summed E-state index contributed by atoms with van der Waals surface area (Å²) in [5.41, 5.74) is 1.84. The van der Waals surface area contributed by atoms with Crippen molar-refractivity contribution >= 4 is 17.2 Å². The Kier molecular flexibility index (Phi) is 5.14. The molecule has 2 aromatic heterocycles. The van der Waals surface area contributed by atoms with Gasteiger partial charge in [-0.3, -0.25) is 9.80 Å². The van der Waals surface area contributed by atoms with Crippen LogP contribution < -0.4 is 0 Å². The van der Waals surface area contributed by atoms with Crippen molar-refractivity contribution in [2.75, 3.05) is 26.2 Å². The van der Waals surface area contributed by atoms with E-state index in [-0.39, 0.29) is 12.6 Å². The van der Waals surface area contributed by atoms with Crippen molar-refractivity contribution in [2.24, 2.45) is 0 Å². The Bertz CT molecular complexity index is 661. The van der Waals surface area contributed by atoms with Crippen LogP contribution in [0.25, 0.3) is 5.65 Å². The number of rotatable bonds is 5. The van der Waals surface area contributed by atoms with Crippen molar-refractivity contribution in [1.82, 2.24) is 19.2 Å². The molecule has 0 radical (unpaired) electrons. The molecule has 1 aliphatic heterocycles. The fourth-order valence-corrected chi connectivity index (χ4v) is 3.40. The Morgan fingerprint density at radius 2 is 2.13 bits per heavy atom. The second kappa shape index (κ2) is 7.11. The maximum absolute atomic E-state index is 12.6. The van der Waals surface area contributed by atoms with Gasteiger partial charge in [0.1, 0.15) is 5.65 Å². The van der Waals surface area contributed by atoms with Crippen molar-refractivity contribution in [3.05, 3.63) is 35.2 Å². The lowest BCUT2D eigenvalue weighted by atomic mass is 10.1. The molecule has 0 aliphatic carbocycles. The van der Waals surface area contributed by atoms with Crippen molar-refractivity contribution in [3.8, 4) is 0 Å². The Labute approximate surface area is 139 Å². The van der Waals surface area contributed by atoms with Crippen molar-refractivity contribution in [1.29, 1.82) is 0 Å². The molecule has 0 N–H and O–H groups in total. The molecule has 3 heterocycles. The minimum Gasteiger partial charge on any atom is -0.305 e. The second-order valence-electron chi connectivity index (χ2n) is 6.03. The zero-order valence-corrected chi connectivity index (χ0v) is 13.9. The van der Waals surface area contributed by atoms with Gasteiger partial charge in [-0.25, -0.2) is 13.8 Å². The van der Waals surface area contributed by atoms with Crippen LogP contribution in [0.5, 0.6) is 0 Å². The molecule has 23 heavy (non-hydrogen) atoms. The monoisotopic (exact) mass is 342 g/mol. The van der Waals surface area contributed by atoms with Gasteiger partial charge in [-0.15, -0.1) is 0 Å². The fourth-order valence-electron chi connectivity index (χ4n) is 3.23. The number of piperazine rings is 1. The van der Waals surface area contributed by atoms with Crippen LogP contribution in [-0.2, 0) is 6.54 Å². The van der Waals surface area contributed by atoms with Crippen molar-refractivity contribution in [2.45, 2.75) is 32.4 Å². The van der Waals surface area contributed by atoms with Gasteiger partial charge >= 0.3 is 0 Å². The first-order valence-corrected chi connectivity index (χ1v) is 8.30. The minimum absolute atomic E-state index is 0.126. The lowest BCUT2D eigenvalue weighted by Gasteiger charge is -2.40. The highest BCUT2D eigenvalue weighted by molar-refractivity contribution is 6.30. The van der Waals surface area contributed by atoms with Crippen LogP contribution in [0.1, 0.15) is 19.0 Å². The summed E-state index contributed by atoms with van der Waals surface area (Å²) in [4.78, 5) is 8.79. The summed E-state index contributed by atoms with van der Waals surface area (Å²) in [6, 6.07) is 3.90. The number of halogens is 3. The van der Waals surface area contributed by atoms with Gasteiger partial charge in [0, 0.05) is 44.6 Å². The van der Waals surface area contributed by atoms with Gasteiger partial charge in [0.15, 0.2) is 0 Å². The molecule has 4 nitrogen and oxygen atoms in total. The van der Waals surface area contributed by atoms with Crippen LogP contribution in [0.3, 0.4) is 0 Å². The van der Waals surface area contributed by atoms with E-state index in [1.807, 2.05) is 33.8 Å². The van der Waals surface area contributed by atoms with Gasteiger partial charge in [-0.05, 0) is 18.6 Å². The van der Waals surface area contributed by atoms with Gasteiger partial charge in [0.05, 0.1) is 17.3 Å². The highest BCUT2D eigenvalue weighted by Crippen LogP contribution is 2.18. The third kappa shape index (κ3) is 4.00. The van der Waals surface area contributed by atoms with Gasteiger partial charge in [0.25, 0.3) is 6.43 Å². The second-order valence-corrected chi connectivity index (χ2v) is 6.46. The molecule has 1 aliphatic rings. The maximum atomic E-state index is 12.6. The van der Waals surface area contributed by atoms with E-state index in [0.717, 1.165) is 37.4 Å². The molecule has 0 amide bonds. The van der Waals surface area contributed by atoms with Crippen LogP contribution in [-0.4, -0.2) is 57.8 Å². The van der Waals surface area contributed by atoms with Gasteiger partial charge in [-0.1, -0.05) is 18.5 Å². The molecule has 126 valence electrons. The molecular formula is C16H21ClF2N4. The number of imidazole rings is 1. The zero-order chi connectivity index (χ0) is 16.4. The standard InChI is InChI=1S/C16H21ClF2N4/c1-2-14-10-21(5-6-22(14)11-15(18)19)8-13-9-23-7-12(17)3-4-16(23)20-13/h3-4,7,9,14-15H,2,5-6,8,10-11H2,1H3. The van der Waals surface area contributed by atoms with Gasteiger partial charge in [0.2, 0.25) is 0 Å². The number of alkyl halides is 2. The molecule has 3 rings (SSSR count). The molecule has 0 saturated carbocycles. The van der Waals surface area contributed by atoms with E-state index in [2.05, 4.69) is 16.8 Å². The molecule has 1 saturated heterocycles. The zero-order valence-electron chi connectivity index (χ0n) is 13.1. The number of pyridine rings is 1. The first kappa shape index (κ1) is 16.6. The fraction of sp³-hybridized carbons (Fsp3) is 0.562. The predicted octanol–water partition coefficient (Wildman–Crippen LogP) is 3.15. The Hall–Kier alpha value is -1.24. The van der Waals surface area contributed by atoms with Crippen molar-refractivity contribution in [3.63, 3.8) is 0 Å². The van der Waals surface area contributed by atoms with E-state index in [4.69, 9.17) is 11.6 Å². The molecule has 0 aromatic carbocycles. The van der Waals surface area contributed by atoms with E-state index in [0.29, 0.717) is 11.6 Å². The van der Waals surface area contributed by atoms with E-state index in [1.165, 1.54) is 0 Å². The lowest BCUT2D eigenvalue weighted by Crippen LogP contribution is -2.53. The van der Waals surface area contributed by atoms with Crippen LogP contribution in [0.15, 0.2) is 24.5 Å². The molecule has 2 aromatic rings. The largest absolute Gasteiger partial charge is 0.305 e. The summed E-state index contributed by atoms with van der Waals surface area (Å²) >= 11 is 5.99. The topological polar surface area (TPSA) is 23.8 Å². The van der Waals surface area contributed by atoms with Crippen LogP contribution in [0, 0.1) is 0 Å². The number of hydrogen-bond donors (Lipinski definition) is 0. The number of hydrogen-bond acceptors (Lipinski definition) is 3. The normalized spacial score (nSPS) is 20.7. The third-order valence-electron chi connectivity index (χ3n) is 4.38. The molecule has 1 atom stereocenters. The maximum Gasteiger partial charge on any atom is 0.251 e. The predicted molar refractivity (Wildman–Crippen MR) is 87.1 cm³/mol. The summed E-state index contributed by atoms with van der Waals surface area (Å²) in [5.74, 6) is 0. The highest BCUT2D eigenvalue weighted by Gasteiger charge is 2.27. The Balaban J connectivity index is 1.65. The van der Waals surface area contributed by atoms with Gasteiger partial charge < -0.3 is 4.40 Å². The molecular weight excluding hydrogens is 322 g/mol. The minimum atomic E-state index is -2.27. The summed E-state index contributed by atoms with van der Waals surface area (Å²) < 4.78 is 27.2. The summed E-state index contributed by atoms with van der Waals surface area (Å²) in [7, 11) is 0. The molecule has 1 unspecified atom stereocenters. The summed E-state index contributed by atoms with van der Waals surface area (Å²) in [5, 5.41) is 0.674. The van der Waals surface area contributed by atoms with E-state index in [9.17, 15) is 8.78 Å². The Morgan fingerprint density at radius 3 is 2.87 bits per heavy atom. The SMILES string of the molecule is CCC1CN(Cc2cn3cc(Cl)ccc3n2)CCN1CC(F)F. The number of aromatic nitrogens is 2. The molecule has 7 heteroatoms. The molecule has 0 spiro atoms. The highest BCUT2D eigenvalue weighted by atomic mass is 35.5. The van der Waals surface area contributed by atoms with E-state index in [1.54, 1.807) is 0 Å². The lowest BCUT2D eigenvalue weighted by molar-refractivity contribution is 0.0167. The first-order valence-electron chi connectivity index (χ1n) is 7.93. The van der Waals surface area contributed by atoms with E-state index < -0.39 is 6.43 Å². The van der Waals surface area contributed by atoms with E-state index >= 15 is 0 Å². The van der Waals surface area contributed by atoms with Crippen LogP contribution in [0.2, 0.25) is 5.02 Å². The van der Waals surface area contributed by atoms with Crippen molar-refractivity contribution < 1.29 is 8.78 Å². The quantitative estimate of drug-likeness (QED) is 0.834. The van der Waals surface area contributed by atoms with Crippen LogP contribution in [0.4, 0.5) is 8.78 Å². The average Bonchev–Trinajstić information content (AvgIpc) is 2.89. The Morgan fingerprint density at radius 1 is 1.30 bits per heavy atom. The summed E-state index contributed by atoms with van der Waals surface area (Å²) in [6.07, 6.45) is 2.43. The number of nitrogens with zero attached hydrogens (tertiary/aromatic N) is 4. The van der Waals surface area contributed by atoms with Gasteiger partial charge in [-0.2, -0.15) is 0 Å².